The predicted octanol–water partition coefficient (Wildman–Crippen LogP) is 3.40. The second-order valence-corrected chi connectivity index (χ2v) is 4.82. The van der Waals surface area contributed by atoms with Crippen LogP contribution in [0.4, 0.5) is 4.39 Å². The summed E-state index contributed by atoms with van der Waals surface area (Å²) < 4.78 is 15.2. The first-order valence-corrected chi connectivity index (χ1v) is 5.74. The molecule has 84 valence electrons. The highest BCUT2D eigenvalue weighted by Gasteiger charge is 2.13. The van der Waals surface area contributed by atoms with Gasteiger partial charge in [0.2, 0.25) is 0 Å². The van der Waals surface area contributed by atoms with E-state index in [1.165, 1.54) is 16.7 Å². The first-order valence-electron chi connectivity index (χ1n) is 4.57. The molecule has 0 saturated carbocycles. The lowest BCUT2D eigenvalue weighted by molar-refractivity contribution is 0.628. The summed E-state index contributed by atoms with van der Waals surface area (Å²) in [5.74, 6) is -0.390. The average molecular weight is 305 g/mol. The maximum absolute atomic E-state index is 13.3. The first-order chi connectivity index (χ1) is 7.43. The van der Waals surface area contributed by atoms with Gasteiger partial charge in [0.1, 0.15) is 5.82 Å². The maximum Gasteiger partial charge on any atom is 0.255 e. The predicted molar refractivity (Wildman–Crippen MR) is 66.6 cm³/mol. The molecule has 16 heavy (non-hydrogen) atoms. The number of halogens is 3. The molecular weight excluding hydrogens is 296 g/mol. The van der Waals surface area contributed by atoms with Gasteiger partial charge in [0.05, 0.1) is 10.5 Å². The minimum Gasteiger partial charge on any atom is -0.310 e. The molecule has 1 heterocycles. The van der Waals surface area contributed by atoms with Crippen molar-refractivity contribution in [3.05, 3.63) is 43.4 Å². The zero-order valence-corrected chi connectivity index (χ0v) is 11.0. The zero-order valence-electron chi connectivity index (χ0n) is 8.64. The van der Waals surface area contributed by atoms with Crippen molar-refractivity contribution in [1.82, 2.24) is 4.57 Å². The SMILES string of the molecule is Cc1c(Cl)c2cc(F)cc(Br)c2n(C)c1=O. The van der Waals surface area contributed by atoms with E-state index >= 15 is 0 Å². The molecule has 0 N–H and O–H groups in total. The van der Waals surface area contributed by atoms with E-state index in [0.29, 0.717) is 26.0 Å². The quantitative estimate of drug-likeness (QED) is 0.731. The highest BCUT2D eigenvalue weighted by atomic mass is 79.9. The van der Waals surface area contributed by atoms with Gasteiger partial charge in [-0.15, -0.1) is 0 Å². The average Bonchev–Trinajstić information content (AvgIpc) is 2.22. The van der Waals surface area contributed by atoms with E-state index in [1.54, 1.807) is 14.0 Å². The van der Waals surface area contributed by atoms with Crippen molar-refractivity contribution in [3.63, 3.8) is 0 Å². The summed E-state index contributed by atoms with van der Waals surface area (Å²) in [7, 11) is 1.64. The number of rotatable bonds is 0. The molecule has 0 saturated heterocycles. The van der Waals surface area contributed by atoms with Crippen molar-refractivity contribution in [3.8, 4) is 0 Å². The molecule has 1 aromatic heterocycles. The van der Waals surface area contributed by atoms with E-state index < -0.39 is 0 Å². The Kier molecular flexibility index (Phi) is 2.80. The highest BCUT2D eigenvalue weighted by Crippen LogP contribution is 2.30. The van der Waals surface area contributed by atoms with Gasteiger partial charge in [0.25, 0.3) is 5.56 Å². The van der Waals surface area contributed by atoms with E-state index in [4.69, 9.17) is 11.6 Å². The summed E-state index contributed by atoms with van der Waals surface area (Å²) in [6, 6.07) is 2.64. The van der Waals surface area contributed by atoms with Crippen molar-refractivity contribution < 1.29 is 4.39 Å². The van der Waals surface area contributed by atoms with Crippen molar-refractivity contribution >= 4 is 38.4 Å². The Morgan fingerprint density at radius 2 is 2.06 bits per heavy atom. The number of pyridine rings is 1. The molecular formula is C11H8BrClFNO. The molecule has 1 aromatic carbocycles. The van der Waals surface area contributed by atoms with Crippen molar-refractivity contribution in [1.29, 1.82) is 0 Å². The lowest BCUT2D eigenvalue weighted by Gasteiger charge is -2.10. The van der Waals surface area contributed by atoms with E-state index in [0.717, 1.165) is 0 Å². The molecule has 5 heteroatoms. The van der Waals surface area contributed by atoms with Crippen LogP contribution in [0.1, 0.15) is 5.56 Å². The van der Waals surface area contributed by atoms with Crippen LogP contribution in [0.15, 0.2) is 21.4 Å². The zero-order chi connectivity index (χ0) is 12.0. The van der Waals surface area contributed by atoms with Gasteiger partial charge in [-0.2, -0.15) is 0 Å². The number of fused-ring (bicyclic) bond motifs is 1. The molecule has 0 bridgehead atoms. The van der Waals surface area contributed by atoms with E-state index in [9.17, 15) is 9.18 Å². The fourth-order valence-electron chi connectivity index (χ4n) is 1.72. The van der Waals surface area contributed by atoms with Crippen LogP contribution >= 0.6 is 27.5 Å². The molecule has 0 aliphatic rings. The smallest absolute Gasteiger partial charge is 0.255 e. The van der Waals surface area contributed by atoms with Crippen molar-refractivity contribution in [2.75, 3.05) is 0 Å². The lowest BCUT2D eigenvalue weighted by atomic mass is 10.1. The summed E-state index contributed by atoms with van der Waals surface area (Å²) in [4.78, 5) is 11.8. The first kappa shape index (κ1) is 11.6. The van der Waals surface area contributed by atoms with Crippen LogP contribution in [0, 0.1) is 12.7 Å². The number of aryl methyl sites for hydroxylation is 1. The van der Waals surface area contributed by atoms with Crippen LogP contribution < -0.4 is 5.56 Å². The molecule has 0 aliphatic carbocycles. The van der Waals surface area contributed by atoms with Gasteiger partial charge in [-0.05, 0) is 35.0 Å². The summed E-state index contributed by atoms with van der Waals surface area (Å²) in [6.07, 6.45) is 0. The van der Waals surface area contributed by atoms with Gasteiger partial charge in [-0.25, -0.2) is 4.39 Å². The molecule has 0 aliphatic heterocycles. The molecule has 0 amide bonds. The Morgan fingerprint density at radius 3 is 2.69 bits per heavy atom. The molecule has 0 fully saturated rings. The molecule has 0 unspecified atom stereocenters. The van der Waals surface area contributed by atoms with Gasteiger partial charge >= 0.3 is 0 Å². The normalized spacial score (nSPS) is 11.1. The van der Waals surface area contributed by atoms with E-state index in [1.807, 2.05) is 0 Å². The monoisotopic (exact) mass is 303 g/mol. The molecule has 2 aromatic rings. The van der Waals surface area contributed by atoms with Crippen LogP contribution in [0.5, 0.6) is 0 Å². The number of aromatic nitrogens is 1. The van der Waals surface area contributed by atoms with Gasteiger partial charge in [-0.3, -0.25) is 4.79 Å². The number of nitrogens with zero attached hydrogens (tertiary/aromatic N) is 1. The second-order valence-electron chi connectivity index (χ2n) is 3.59. The van der Waals surface area contributed by atoms with Crippen LogP contribution in [-0.4, -0.2) is 4.57 Å². The molecule has 2 rings (SSSR count). The Bertz CT molecular complexity index is 651. The van der Waals surface area contributed by atoms with Gasteiger partial charge in [-0.1, -0.05) is 11.6 Å². The number of benzene rings is 1. The topological polar surface area (TPSA) is 22.0 Å². The second kappa shape index (κ2) is 3.86. The molecule has 0 atom stereocenters. The summed E-state index contributed by atoms with van der Waals surface area (Å²) in [6.45, 7) is 1.63. The molecule has 0 spiro atoms. The van der Waals surface area contributed by atoms with Crippen LogP contribution in [0.25, 0.3) is 10.9 Å². The number of hydrogen-bond donors (Lipinski definition) is 0. The lowest BCUT2D eigenvalue weighted by Crippen LogP contribution is -2.20. The van der Waals surface area contributed by atoms with Crippen molar-refractivity contribution in [2.45, 2.75) is 6.92 Å². The Hall–Kier alpha value is -0.870. The Morgan fingerprint density at radius 1 is 1.44 bits per heavy atom. The third kappa shape index (κ3) is 1.57. The van der Waals surface area contributed by atoms with Crippen molar-refractivity contribution in [2.24, 2.45) is 7.05 Å². The third-order valence-corrected chi connectivity index (χ3v) is 3.65. The fourth-order valence-corrected chi connectivity index (χ4v) is 2.65. The van der Waals surface area contributed by atoms with E-state index in [2.05, 4.69) is 15.9 Å². The molecule has 2 nitrogen and oxygen atoms in total. The largest absolute Gasteiger partial charge is 0.310 e. The Balaban J connectivity index is 3.15. The highest BCUT2D eigenvalue weighted by molar-refractivity contribution is 9.10. The standard InChI is InChI=1S/C11H8BrClFNO/c1-5-9(13)7-3-6(14)4-8(12)10(7)15(2)11(5)16/h3-4H,1-2H3. The van der Waals surface area contributed by atoms with Gasteiger partial charge in [0, 0.05) is 22.5 Å². The Labute approximate surface area is 105 Å². The minimum absolute atomic E-state index is 0.176. The van der Waals surface area contributed by atoms with Gasteiger partial charge < -0.3 is 4.57 Å². The minimum atomic E-state index is -0.390. The maximum atomic E-state index is 13.3. The fraction of sp³-hybridized carbons (Fsp3) is 0.182. The summed E-state index contributed by atoms with van der Waals surface area (Å²) in [5, 5.41) is 0.839. The summed E-state index contributed by atoms with van der Waals surface area (Å²) in [5.41, 5.74) is 0.848. The van der Waals surface area contributed by atoms with Crippen LogP contribution in [-0.2, 0) is 7.05 Å². The number of hydrogen-bond acceptors (Lipinski definition) is 1. The third-order valence-electron chi connectivity index (χ3n) is 2.55. The summed E-state index contributed by atoms with van der Waals surface area (Å²) >= 11 is 9.28. The van der Waals surface area contributed by atoms with Crippen LogP contribution in [0.3, 0.4) is 0 Å². The van der Waals surface area contributed by atoms with Gasteiger partial charge in [0.15, 0.2) is 0 Å². The van der Waals surface area contributed by atoms with Crippen LogP contribution in [0.2, 0.25) is 5.02 Å². The van der Waals surface area contributed by atoms with E-state index in [-0.39, 0.29) is 11.4 Å². The molecule has 0 radical (unpaired) electrons.